The summed E-state index contributed by atoms with van der Waals surface area (Å²) in [6.07, 6.45) is 7.46. The normalized spacial score (nSPS) is 18.0. The topological polar surface area (TPSA) is 9.23 Å². The quantitative estimate of drug-likeness (QED) is 0.459. The van der Waals surface area contributed by atoms with Crippen LogP contribution in [0.15, 0.2) is 36.4 Å². The average Bonchev–Trinajstić information content (AvgIpc) is 3.29. The van der Waals surface area contributed by atoms with Crippen LogP contribution in [0.4, 0.5) is 0 Å². The molecule has 25 heavy (non-hydrogen) atoms. The molecule has 1 nitrogen and oxygen atoms in total. The second kappa shape index (κ2) is 7.94. The minimum absolute atomic E-state index is 0.279. The molecule has 0 aliphatic heterocycles. The lowest BCUT2D eigenvalue weighted by Crippen LogP contribution is -2.09. The molecule has 0 saturated carbocycles. The Hall–Kier alpha value is -0.640. The fraction of sp³-hybridized carbons (Fsp3) is 0.455. The zero-order valence-corrected chi connectivity index (χ0v) is 17.6. The molecule has 0 aromatic heterocycles. The van der Waals surface area contributed by atoms with Crippen molar-refractivity contribution in [2.75, 3.05) is 13.2 Å². The van der Waals surface area contributed by atoms with Crippen LogP contribution < -0.4 is 0 Å². The Bertz CT molecular complexity index is 692. The number of hydrogen-bond donors (Lipinski definition) is 0. The largest absolute Gasteiger partial charge is 0.378 e. The van der Waals surface area contributed by atoms with Gasteiger partial charge >= 0.3 is 0 Å². The molecule has 2 aliphatic rings. The first-order valence-electron chi connectivity index (χ1n) is 9.31. The van der Waals surface area contributed by atoms with Crippen molar-refractivity contribution in [1.82, 2.24) is 0 Å². The van der Waals surface area contributed by atoms with Crippen LogP contribution in [0, 0.1) is 0 Å². The molecule has 2 unspecified atom stereocenters. The van der Waals surface area contributed by atoms with E-state index >= 15 is 0 Å². The lowest BCUT2D eigenvalue weighted by molar-refractivity contribution is 0.138. The van der Waals surface area contributed by atoms with Crippen LogP contribution in [0.5, 0.6) is 0 Å². The number of halogens is 2. The SMILES string of the molecule is BrC(COCC(Br)c1cccc2c1CCC2)c1cccc2c1CCC2. The highest BCUT2D eigenvalue weighted by Gasteiger charge is 2.21. The smallest absolute Gasteiger partial charge is 0.0633 e. The lowest BCUT2D eigenvalue weighted by atomic mass is 10.0. The summed E-state index contributed by atoms with van der Waals surface area (Å²) >= 11 is 7.71. The van der Waals surface area contributed by atoms with Crippen LogP contribution in [-0.2, 0) is 30.4 Å². The molecule has 0 amide bonds. The number of hydrogen-bond acceptors (Lipinski definition) is 1. The van der Waals surface area contributed by atoms with Gasteiger partial charge in [-0.1, -0.05) is 68.3 Å². The van der Waals surface area contributed by atoms with Crippen molar-refractivity contribution in [2.45, 2.75) is 48.2 Å². The van der Waals surface area contributed by atoms with Gasteiger partial charge in [-0.2, -0.15) is 0 Å². The van der Waals surface area contributed by atoms with Gasteiger partial charge in [0.1, 0.15) is 0 Å². The van der Waals surface area contributed by atoms with Crippen LogP contribution in [0.1, 0.15) is 55.9 Å². The van der Waals surface area contributed by atoms with Gasteiger partial charge in [-0.3, -0.25) is 0 Å². The number of benzene rings is 2. The van der Waals surface area contributed by atoms with Gasteiger partial charge in [0, 0.05) is 0 Å². The first-order chi connectivity index (χ1) is 12.2. The molecule has 0 heterocycles. The maximum absolute atomic E-state index is 6.09. The second-order valence-corrected chi connectivity index (χ2v) is 9.36. The Balaban J connectivity index is 1.37. The summed E-state index contributed by atoms with van der Waals surface area (Å²) < 4.78 is 6.09. The van der Waals surface area contributed by atoms with E-state index in [2.05, 4.69) is 68.3 Å². The molecule has 0 spiro atoms. The predicted molar refractivity (Wildman–Crippen MR) is 111 cm³/mol. The fourth-order valence-corrected chi connectivity index (χ4v) is 5.57. The molecule has 4 rings (SSSR count). The fourth-order valence-electron chi connectivity index (χ4n) is 4.34. The van der Waals surface area contributed by atoms with Gasteiger partial charge in [0.25, 0.3) is 0 Å². The van der Waals surface area contributed by atoms with E-state index in [1.807, 2.05) is 0 Å². The van der Waals surface area contributed by atoms with Crippen molar-refractivity contribution in [2.24, 2.45) is 0 Å². The molecule has 2 atom stereocenters. The molecule has 0 fully saturated rings. The molecule has 132 valence electrons. The second-order valence-electron chi connectivity index (χ2n) is 7.15. The summed E-state index contributed by atoms with van der Waals surface area (Å²) in [5.41, 5.74) is 8.98. The maximum atomic E-state index is 6.09. The summed E-state index contributed by atoms with van der Waals surface area (Å²) in [6.45, 7) is 1.43. The molecule has 2 aromatic rings. The highest BCUT2D eigenvalue weighted by Crippen LogP contribution is 2.35. The van der Waals surface area contributed by atoms with Gasteiger partial charge in [0.05, 0.1) is 22.9 Å². The minimum Gasteiger partial charge on any atom is -0.378 e. The van der Waals surface area contributed by atoms with Crippen LogP contribution >= 0.6 is 31.9 Å². The maximum Gasteiger partial charge on any atom is 0.0633 e. The number of fused-ring (bicyclic) bond motifs is 2. The number of aryl methyl sites for hydroxylation is 2. The third-order valence-corrected chi connectivity index (χ3v) is 7.08. The van der Waals surface area contributed by atoms with E-state index in [-0.39, 0.29) is 9.65 Å². The molecule has 3 heteroatoms. The minimum atomic E-state index is 0.279. The highest BCUT2D eigenvalue weighted by atomic mass is 79.9. The zero-order chi connectivity index (χ0) is 17.2. The van der Waals surface area contributed by atoms with E-state index in [1.165, 1.54) is 60.8 Å². The molecule has 0 bridgehead atoms. The average molecular weight is 464 g/mol. The lowest BCUT2D eigenvalue weighted by Gasteiger charge is -2.18. The number of ether oxygens (including phenoxy) is 1. The van der Waals surface area contributed by atoms with Crippen molar-refractivity contribution in [1.29, 1.82) is 0 Å². The predicted octanol–water partition coefficient (Wildman–Crippen LogP) is 6.25. The molecular weight excluding hydrogens is 440 g/mol. The summed E-state index contributed by atoms with van der Waals surface area (Å²) in [4.78, 5) is 0.559. The van der Waals surface area contributed by atoms with Crippen LogP contribution in [0.3, 0.4) is 0 Å². The first kappa shape index (κ1) is 17.8. The van der Waals surface area contributed by atoms with Crippen LogP contribution in [-0.4, -0.2) is 13.2 Å². The van der Waals surface area contributed by atoms with Gasteiger partial charge in [-0.25, -0.2) is 0 Å². The van der Waals surface area contributed by atoms with E-state index in [4.69, 9.17) is 4.74 Å². The van der Waals surface area contributed by atoms with Crippen molar-refractivity contribution < 1.29 is 4.74 Å². The van der Waals surface area contributed by atoms with Crippen LogP contribution in [0.25, 0.3) is 0 Å². The monoisotopic (exact) mass is 462 g/mol. The highest BCUT2D eigenvalue weighted by molar-refractivity contribution is 9.09. The van der Waals surface area contributed by atoms with Gasteiger partial charge in [0.2, 0.25) is 0 Å². The Kier molecular flexibility index (Phi) is 5.64. The Morgan fingerprint density at radius 2 is 1.20 bits per heavy atom. The van der Waals surface area contributed by atoms with E-state index in [0.29, 0.717) is 13.2 Å². The Morgan fingerprint density at radius 1 is 0.720 bits per heavy atom. The van der Waals surface area contributed by atoms with Gasteiger partial charge in [-0.15, -0.1) is 0 Å². The van der Waals surface area contributed by atoms with E-state index in [0.717, 1.165) is 0 Å². The molecule has 0 saturated heterocycles. The third kappa shape index (κ3) is 3.74. The standard InChI is InChI=1S/C22H24Br2O/c23-21(19-11-3-7-15-5-1-9-17(15)19)13-25-14-22(24)20-12-4-8-16-6-2-10-18(16)20/h3-4,7-8,11-12,21-22H,1-2,5-6,9-10,13-14H2. The molecule has 0 N–H and O–H groups in total. The molecule has 2 aromatic carbocycles. The van der Waals surface area contributed by atoms with Crippen molar-refractivity contribution in [3.8, 4) is 0 Å². The molecule has 0 radical (unpaired) electrons. The van der Waals surface area contributed by atoms with Crippen molar-refractivity contribution in [3.63, 3.8) is 0 Å². The summed E-state index contributed by atoms with van der Waals surface area (Å²) in [7, 11) is 0. The van der Waals surface area contributed by atoms with Gasteiger partial charge in [0.15, 0.2) is 0 Å². The summed E-state index contributed by atoms with van der Waals surface area (Å²) in [6, 6.07) is 13.4. The number of alkyl halides is 2. The summed E-state index contributed by atoms with van der Waals surface area (Å²) in [5.74, 6) is 0. The zero-order valence-electron chi connectivity index (χ0n) is 14.4. The van der Waals surface area contributed by atoms with Crippen molar-refractivity contribution in [3.05, 3.63) is 69.8 Å². The number of rotatable bonds is 6. The first-order valence-corrected chi connectivity index (χ1v) is 11.1. The van der Waals surface area contributed by atoms with Gasteiger partial charge in [-0.05, 0) is 71.9 Å². The van der Waals surface area contributed by atoms with E-state index < -0.39 is 0 Å². The molecule has 2 aliphatic carbocycles. The van der Waals surface area contributed by atoms with Crippen LogP contribution in [0.2, 0.25) is 0 Å². The Morgan fingerprint density at radius 3 is 1.68 bits per heavy atom. The van der Waals surface area contributed by atoms with E-state index in [1.54, 1.807) is 11.1 Å². The van der Waals surface area contributed by atoms with Gasteiger partial charge < -0.3 is 4.74 Å². The molecular formula is C22H24Br2O. The van der Waals surface area contributed by atoms with Crippen molar-refractivity contribution >= 4 is 31.9 Å². The summed E-state index contributed by atoms with van der Waals surface area (Å²) in [5, 5.41) is 0. The van der Waals surface area contributed by atoms with E-state index in [9.17, 15) is 0 Å². The Labute approximate surface area is 167 Å². The third-order valence-electron chi connectivity index (χ3n) is 5.57.